The molecular formula is C22H30FN9O. The van der Waals surface area contributed by atoms with E-state index in [4.69, 9.17) is 5.73 Å². The molecule has 2 atom stereocenters. The highest BCUT2D eigenvalue weighted by molar-refractivity contribution is 6.08. The number of aryl methyl sites for hydroxylation is 1. The van der Waals surface area contributed by atoms with Gasteiger partial charge in [0, 0.05) is 25.0 Å². The number of piperidine rings is 2. The Morgan fingerprint density at radius 3 is 2.82 bits per heavy atom. The van der Waals surface area contributed by atoms with Crippen molar-refractivity contribution in [1.82, 2.24) is 29.3 Å². The molecule has 2 saturated heterocycles. The van der Waals surface area contributed by atoms with Gasteiger partial charge in [0.25, 0.3) is 5.91 Å². The molecule has 0 bridgehead atoms. The number of amides is 1. The Hall–Kier alpha value is -3.05. The third kappa shape index (κ3) is 4.42. The fraction of sp³-hybridized carbons (Fsp3) is 0.545. The molecule has 11 heteroatoms. The molecule has 5 rings (SSSR count). The number of anilines is 2. The molecule has 0 radical (unpaired) electrons. The molecule has 0 saturated carbocycles. The molecule has 3 aromatic rings. The van der Waals surface area contributed by atoms with Crippen molar-refractivity contribution in [2.45, 2.75) is 44.4 Å². The number of nitrogens with zero attached hydrogens (tertiary/aromatic N) is 7. The minimum absolute atomic E-state index is 0.238. The van der Waals surface area contributed by atoms with E-state index < -0.39 is 6.17 Å². The molecule has 33 heavy (non-hydrogen) atoms. The standard InChI is InChI=1S/C22H30FN9O/c1-14-19(13-32(28-14)17-3-6-29(2)7-4-17)26-22(33)18-10-25-31-8-5-20(27-21(18)31)30-11-15(23)9-16(24)12-30/h5,8,10,13,15-17H,3-4,6-7,9,11-12,24H2,1-2H3,(H,26,33). The van der Waals surface area contributed by atoms with Gasteiger partial charge in [0.2, 0.25) is 0 Å². The highest BCUT2D eigenvalue weighted by Gasteiger charge is 2.27. The maximum Gasteiger partial charge on any atom is 0.261 e. The summed E-state index contributed by atoms with van der Waals surface area (Å²) >= 11 is 0. The number of likely N-dealkylation sites (tertiary alicyclic amines) is 1. The number of carbonyl (C=O) groups excluding carboxylic acids is 1. The van der Waals surface area contributed by atoms with Crippen LogP contribution in [0.2, 0.25) is 0 Å². The summed E-state index contributed by atoms with van der Waals surface area (Å²) in [6, 6.07) is 1.85. The Balaban J connectivity index is 1.36. The van der Waals surface area contributed by atoms with Crippen LogP contribution in [0.1, 0.15) is 41.4 Å². The molecule has 176 valence electrons. The third-order valence-corrected chi connectivity index (χ3v) is 6.58. The molecule has 10 nitrogen and oxygen atoms in total. The number of carbonyl (C=O) groups is 1. The monoisotopic (exact) mass is 455 g/mol. The first-order valence-corrected chi connectivity index (χ1v) is 11.4. The molecule has 0 aromatic carbocycles. The number of rotatable bonds is 4. The number of hydrogen-bond donors (Lipinski definition) is 2. The molecule has 2 fully saturated rings. The second-order valence-electron chi connectivity index (χ2n) is 9.21. The van der Waals surface area contributed by atoms with Crippen molar-refractivity contribution in [3.8, 4) is 0 Å². The SMILES string of the molecule is Cc1nn(C2CCN(C)CC2)cc1NC(=O)c1cnn2ccc(N3CC(N)CC(F)C3)nc12. The van der Waals surface area contributed by atoms with Crippen LogP contribution in [-0.4, -0.2) is 80.6 Å². The topological polar surface area (TPSA) is 110 Å². The number of alkyl halides is 1. The maximum absolute atomic E-state index is 14.0. The first kappa shape index (κ1) is 21.8. The van der Waals surface area contributed by atoms with Crippen molar-refractivity contribution in [3.05, 3.63) is 35.9 Å². The van der Waals surface area contributed by atoms with Crippen LogP contribution in [0.25, 0.3) is 5.65 Å². The van der Waals surface area contributed by atoms with Gasteiger partial charge in [0.1, 0.15) is 17.6 Å². The molecule has 2 aliphatic heterocycles. The van der Waals surface area contributed by atoms with Crippen molar-refractivity contribution < 1.29 is 9.18 Å². The Bertz CT molecular complexity index is 1140. The fourth-order valence-electron chi connectivity index (χ4n) is 4.70. The fourth-order valence-corrected chi connectivity index (χ4v) is 4.70. The summed E-state index contributed by atoms with van der Waals surface area (Å²) in [7, 11) is 2.13. The van der Waals surface area contributed by atoms with Gasteiger partial charge in [-0.05, 0) is 52.4 Å². The van der Waals surface area contributed by atoms with Gasteiger partial charge in [-0.25, -0.2) is 13.9 Å². The minimum Gasteiger partial charge on any atom is -0.352 e. The molecule has 0 aliphatic carbocycles. The first-order valence-electron chi connectivity index (χ1n) is 11.4. The summed E-state index contributed by atoms with van der Waals surface area (Å²) in [6.45, 7) is 4.72. The van der Waals surface area contributed by atoms with Crippen molar-refractivity contribution in [3.63, 3.8) is 0 Å². The highest BCUT2D eigenvalue weighted by Crippen LogP contribution is 2.25. The average molecular weight is 456 g/mol. The Labute approximate surface area is 191 Å². The zero-order valence-electron chi connectivity index (χ0n) is 19.0. The van der Waals surface area contributed by atoms with Crippen molar-refractivity contribution in [2.24, 2.45) is 5.73 Å². The molecule has 3 N–H and O–H groups in total. The summed E-state index contributed by atoms with van der Waals surface area (Å²) in [5.74, 6) is 0.278. The number of aromatic nitrogens is 5. The number of nitrogens with one attached hydrogen (secondary N) is 1. The molecule has 3 aromatic heterocycles. The predicted molar refractivity (Wildman–Crippen MR) is 123 cm³/mol. The van der Waals surface area contributed by atoms with Gasteiger partial charge in [-0.2, -0.15) is 10.2 Å². The predicted octanol–water partition coefficient (Wildman–Crippen LogP) is 1.63. The van der Waals surface area contributed by atoms with Crippen LogP contribution in [0.4, 0.5) is 15.9 Å². The molecule has 2 unspecified atom stereocenters. The zero-order valence-corrected chi connectivity index (χ0v) is 19.0. The average Bonchev–Trinajstić information content (AvgIpc) is 3.36. The Kier molecular flexibility index (Phi) is 5.75. The van der Waals surface area contributed by atoms with Crippen LogP contribution in [0.3, 0.4) is 0 Å². The summed E-state index contributed by atoms with van der Waals surface area (Å²) < 4.78 is 17.5. The highest BCUT2D eigenvalue weighted by atomic mass is 19.1. The normalized spacial score (nSPS) is 22.7. The smallest absolute Gasteiger partial charge is 0.261 e. The minimum atomic E-state index is -0.997. The lowest BCUT2D eigenvalue weighted by molar-refractivity contribution is 0.102. The summed E-state index contributed by atoms with van der Waals surface area (Å²) in [5, 5.41) is 11.9. The van der Waals surface area contributed by atoms with E-state index in [2.05, 4.69) is 32.4 Å². The van der Waals surface area contributed by atoms with E-state index in [1.807, 2.05) is 22.7 Å². The molecule has 5 heterocycles. The van der Waals surface area contributed by atoms with E-state index in [0.29, 0.717) is 41.7 Å². The number of nitrogens with two attached hydrogens (primary N) is 1. The van der Waals surface area contributed by atoms with Crippen LogP contribution in [0.15, 0.2) is 24.7 Å². The lowest BCUT2D eigenvalue weighted by atomic mass is 10.1. The van der Waals surface area contributed by atoms with E-state index in [-0.39, 0.29) is 18.5 Å². The summed E-state index contributed by atoms with van der Waals surface area (Å²) in [5.41, 5.74) is 8.19. The van der Waals surface area contributed by atoms with E-state index in [0.717, 1.165) is 31.6 Å². The number of fused-ring (bicyclic) bond motifs is 1. The molecule has 0 spiro atoms. The van der Waals surface area contributed by atoms with Crippen LogP contribution >= 0.6 is 0 Å². The maximum atomic E-state index is 14.0. The van der Waals surface area contributed by atoms with E-state index in [1.54, 1.807) is 16.8 Å². The molecule has 1 amide bonds. The number of hydrogen-bond acceptors (Lipinski definition) is 7. The van der Waals surface area contributed by atoms with Crippen LogP contribution in [0, 0.1) is 6.92 Å². The van der Waals surface area contributed by atoms with Gasteiger partial charge in [-0.1, -0.05) is 0 Å². The second kappa shape index (κ2) is 8.71. The van der Waals surface area contributed by atoms with Gasteiger partial charge in [0.05, 0.1) is 30.2 Å². The van der Waals surface area contributed by atoms with Gasteiger partial charge < -0.3 is 20.9 Å². The first-order chi connectivity index (χ1) is 15.9. The molecule has 2 aliphatic rings. The van der Waals surface area contributed by atoms with Crippen LogP contribution in [0.5, 0.6) is 0 Å². The lowest BCUT2D eigenvalue weighted by Crippen LogP contribution is -2.48. The zero-order chi connectivity index (χ0) is 23.1. The van der Waals surface area contributed by atoms with Crippen molar-refractivity contribution >= 4 is 23.1 Å². The second-order valence-corrected chi connectivity index (χ2v) is 9.21. The van der Waals surface area contributed by atoms with Crippen LogP contribution < -0.4 is 16.0 Å². The van der Waals surface area contributed by atoms with Gasteiger partial charge in [0.15, 0.2) is 5.65 Å². The van der Waals surface area contributed by atoms with Gasteiger partial charge in [-0.3, -0.25) is 9.48 Å². The largest absolute Gasteiger partial charge is 0.352 e. The Morgan fingerprint density at radius 2 is 2.06 bits per heavy atom. The van der Waals surface area contributed by atoms with Gasteiger partial charge >= 0.3 is 0 Å². The Morgan fingerprint density at radius 1 is 1.27 bits per heavy atom. The van der Waals surface area contributed by atoms with Crippen molar-refractivity contribution in [1.29, 1.82) is 0 Å². The number of halogens is 1. The summed E-state index contributed by atoms with van der Waals surface area (Å²) in [4.78, 5) is 21.9. The van der Waals surface area contributed by atoms with E-state index >= 15 is 0 Å². The van der Waals surface area contributed by atoms with Crippen LogP contribution in [-0.2, 0) is 0 Å². The third-order valence-electron chi connectivity index (χ3n) is 6.58. The lowest BCUT2D eigenvalue weighted by Gasteiger charge is -2.33. The van der Waals surface area contributed by atoms with Gasteiger partial charge in [-0.15, -0.1) is 0 Å². The van der Waals surface area contributed by atoms with E-state index in [9.17, 15) is 9.18 Å². The quantitative estimate of drug-likeness (QED) is 0.615. The van der Waals surface area contributed by atoms with Crippen molar-refractivity contribution in [2.75, 3.05) is 43.4 Å². The molecular weight excluding hydrogens is 425 g/mol. The summed E-state index contributed by atoms with van der Waals surface area (Å²) in [6.07, 6.45) is 6.55. The van der Waals surface area contributed by atoms with E-state index in [1.165, 1.54) is 6.20 Å².